The van der Waals surface area contributed by atoms with Crippen molar-refractivity contribution in [2.24, 2.45) is 0 Å². The van der Waals surface area contributed by atoms with Crippen molar-refractivity contribution >= 4 is 17.1 Å². The molecule has 2 aliphatic carbocycles. The zero-order valence-corrected chi connectivity index (χ0v) is 28.9. The summed E-state index contributed by atoms with van der Waals surface area (Å²) in [6, 6.07) is 57.7. The summed E-state index contributed by atoms with van der Waals surface area (Å²) in [4.78, 5) is 2.55. The minimum absolute atomic E-state index is 0.0820. The summed E-state index contributed by atoms with van der Waals surface area (Å²) < 4.78 is 0. The zero-order valence-electron chi connectivity index (χ0n) is 28.9. The smallest absolute Gasteiger partial charge is 0.0725 e. The van der Waals surface area contributed by atoms with Crippen molar-refractivity contribution in [3.05, 3.63) is 196 Å². The van der Waals surface area contributed by atoms with E-state index < -0.39 is 0 Å². The van der Waals surface area contributed by atoms with Crippen LogP contribution in [0.3, 0.4) is 0 Å². The molecule has 0 bridgehead atoms. The fraction of sp³-hybridized carbons (Fsp3) is 0.143. The lowest BCUT2D eigenvalue weighted by Crippen LogP contribution is -2.38. The number of para-hydroxylation sites is 2. The number of fused-ring (bicyclic) bond motifs is 14. The maximum absolute atomic E-state index is 2.55. The Morgan fingerprint density at radius 1 is 0.340 bits per heavy atom. The summed E-state index contributed by atoms with van der Waals surface area (Å²) in [6.07, 6.45) is 0. The van der Waals surface area contributed by atoms with Crippen LogP contribution in [0.2, 0.25) is 0 Å². The summed E-state index contributed by atoms with van der Waals surface area (Å²) in [5.74, 6) is 0. The maximum atomic E-state index is 2.55. The Morgan fingerprint density at radius 2 is 0.760 bits per heavy atom. The van der Waals surface area contributed by atoms with Gasteiger partial charge in [-0.2, -0.15) is 0 Å². The van der Waals surface area contributed by atoms with Crippen molar-refractivity contribution in [2.75, 3.05) is 4.90 Å². The predicted octanol–water partition coefficient (Wildman–Crippen LogP) is 12.4. The molecule has 238 valence electrons. The number of hydrogen-bond acceptors (Lipinski definition) is 1. The molecule has 1 spiro atoms. The molecule has 0 amide bonds. The predicted molar refractivity (Wildman–Crippen MR) is 207 cm³/mol. The number of rotatable bonds is 1. The average Bonchev–Trinajstić information content (AvgIpc) is 3.62. The second kappa shape index (κ2) is 9.31. The maximum Gasteiger partial charge on any atom is 0.0725 e. The Kier molecular flexibility index (Phi) is 5.25. The molecular formula is C49H37N. The second-order valence-corrected chi connectivity index (χ2v) is 15.7. The van der Waals surface area contributed by atoms with E-state index in [0.717, 1.165) is 0 Å². The van der Waals surface area contributed by atoms with Crippen LogP contribution in [0.5, 0.6) is 0 Å². The molecule has 1 heteroatoms. The van der Waals surface area contributed by atoms with Crippen LogP contribution in [-0.4, -0.2) is 0 Å². The minimum Gasteiger partial charge on any atom is -0.309 e. The van der Waals surface area contributed by atoms with Crippen molar-refractivity contribution < 1.29 is 0 Å². The molecule has 2 heterocycles. The van der Waals surface area contributed by atoms with Crippen LogP contribution >= 0.6 is 0 Å². The Labute approximate surface area is 294 Å². The number of anilines is 3. The molecule has 7 aromatic rings. The Hall–Kier alpha value is -5.66. The van der Waals surface area contributed by atoms with E-state index in [1.807, 2.05) is 0 Å². The van der Waals surface area contributed by atoms with Crippen LogP contribution < -0.4 is 4.90 Å². The summed E-state index contributed by atoms with van der Waals surface area (Å²) in [5, 5.41) is 0. The van der Waals surface area contributed by atoms with Gasteiger partial charge in [-0.3, -0.25) is 0 Å². The highest BCUT2D eigenvalue weighted by Gasteiger charge is 2.52. The van der Waals surface area contributed by atoms with Gasteiger partial charge in [0.1, 0.15) is 0 Å². The molecule has 0 saturated heterocycles. The van der Waals surface area contributed by atoms with Gasteiger partial charge in [0.25, 0.3) is 0 Å². The molecule has 0 radical (unpaired) electrons. The SMILES string of the molecule is CC1(C)c2ccccc2N2c3ccc(-c4ccc5c(c4)C4(c6ccccc6-c6ccccc64)c4ccccc4-5)cc3C(C)(C)c3cccc1c32. The lowest BCUT2D eigenvalue weighted by molar-refractivity contribution is 0.597. The normalized spacial score (nSPS) is 16.8. The van der Waals surface area contributed by atoms with Crippen LogP contribution in [-0.2, 0) is 16.2 Å². The highest BCUT2D eigenvalue weighted by atomic mass is 15.2. The lowest BCUT2D eigenvalue weighted by Gasteiger charge is -2.49. The van der Waals surface area contributed by atoms with E-state index in [0.29, 0.717) is 0 Å². The molecule has 2 aliphatic heterocycles. The monoisotopic (exact) mass is 639 g/mol. The molecular weight excluding hydrogens is 603 g/mol. The van der Waals surface area contributed by atoms with Gasteiger partial charge in [0, 0.05) is 10.8 Å². The third-order valence-electron chi connectivity index (χ3n) is 12.7. The molecule has 0 atom stereocenters. The fourth-order valence-corrected chi connectivity index (χ4v) is 10.3. The fourth-order valence-electron chi connectivity index (χ4n) is 10.3. The molecule has 0 aromatic heterocycles. The van der Waals surface area contributed by atoms with Crippen LogP contribution in [0.15, 0.2) is 152 Å². The first-order valence-corrected chi connectivity index (χ1v) is 18.0. The summed E-state index contributed by atoms with van der Waals surface area (Å²) >= 11 is 0. The molecule has 0 saturated carbocycles. The Balaban J connectivity index is 1.14. The number of nitrogens with zero attached hydrogens (tertiary/aromatic N) is 1. The summed E-state index contributed by atoms with van der Waals surface area (Å²) in [5.41, 5.74) is 22.3. The van der Waals surface area contributed by atoms with E-state index in [9.17, 15) is 0 Å². The first kappa shape index (κ1) is 28.2. The van der Waals surface area contributed by atoms with Crippen molar-refractivity contribution in [3.63, 3.8) is 0 Å². The molecule has 0 N–H and O–H groups in total. The van der Waals surface area contributed by atoms with E-state index in [4.69, 9.17) is 0 Å². The van der Waals surface area contributed by atoms with E-state index >= 15 is 0 Å². The quantitative estimate of drug-likeness (QED) is 0.173. The molecule has 0 unspecified atom stereocenters. The van der Waals surface area contributed by atoms with E-state index in [2.05, 4.69) is 184 Å². The largest absolute Gasteiger partial charge is 0.309 e. The molecule has 4 aliphatic rings. The number of hydrogen-bond donors (Lipinski definition) is 0. The van der Waals surface area contributed by atoms with E-state index in [1.165, 1.54) is 95.0 Å². The topological polar surface area (TPSA) is 3.24 Å². The third-order valence-corrected chi connectivity index (χ3v) is 12.7. The highest BCUT2D eigenvalue weighted by Crippen LogP contribution is 2.64. The van der Waals surface area contributed by atoms with Crippen molar-refractivity contribution in [3.8, 4) is 33.4 Å². The van der Waals surface area contributed by atoms with Crippen LogP contribution in [0.1, 0.15) is 72.2 Å². The van der Waals surface area contributed by atoms with Crippen LogP contribution in [0.25, 0.3) is 33.4 Å². The summed E-state index contributed by atoms with van der Waals surface area (Å²) in [7, 11) is 0. The van der Waals surface area contributed by atoms with Gasteiger partial charge in [0.15, 0.2) is 0 Å². The van der Waals surface area contributed by atoms with Crippen molar-refractivity contribution in [2.45, 2.75) is 43.9 Å². The second-order valence-electron chi connectivity index (χ2n) is 15.7. The first-order valence-electron chi connectivity index (χ1n) is 18.0. The Morgan fingerprint density at radius 3 is 1.36 bits per heavy atom. The summed E-state index contributed by atoms with van der Waals surface area (Å²) in [6.45, 7) is 9.59. The molecule has 0 fully saturated rings. The van der Waals surface area contributed by atoms with Gasteiger partial charge < -0.3 is 4.90 Å². The van der Waals surface area contributed by atoms with Crippen LogP contribution in [0.4, 0.5) is 17.1 Å². The van der Waals surface area contributed by atoms with Crippen molar-refractivity contribution in [1.29, 1.82) is 0 Å². The lowest BCUT2D eigenvalue weighted by atomic mass is 9.66. The molecule has 11 rings (SSSR count). The number of benzene rings is 7. The Bertz CT molecular complexity index is 2550. The van der Waals surface area contributed by atoms with E-state index in [1.54, 1.807) is 0 Å². The zero-order chi connectivity index (χ0) is 33.6. The third kappa shape index (κ3) is 3.20. The van der Waals surface area contributed by atoms with Crippen LogP contribution in [0, 0.1) is 0 Å². The molecule has 7 aromatic carbocycles. The van der Waals surface area contributed by atoms with Gasteiger partial charge in [0.2, 0.25) is 0 Å². The van der Waals surface area contributed by atoms with Gasteiger partial charge in [-0.25, -0.2) is 0 Å². The van der Waals surface area contributed by atoms with Gasteiger partial charge in [-0.05, 0) is 102 Å². The van der Waals surface area contributed by atoms with Gasteiger partial charge >= 0.3 is 0 Å². The van der Waals surface area contributed by atoms with Gasteiger partial charge in [-0.1, -0.05) is 155 Å². The first-order chi connectivity index (χ1) is 24.3. The van der Waals surface area contributed by atoms with Gasteiger partial charge in [0.05, 0.1) is 22.5 Å². The molecule has 1 nitrogen and oxygen atoms in total. The standard InChI is InChI=1S/C49H37N/c1-47(2)39-20-11-12-23-44(39)50-45-27-25-31(29-43(45)48(3,4)41-22-13-21-40(47)46(41)50)30-24-26-35-34-16-7-10-19-38(34)49(42(35)28-30)36-17-8-5-14-32(36)33-15-6-9-18-37(33)49/h5-29H,1-4H3. The average molecular weight is 640 g/mol. The molecule has 50 heavy (non-hydrogen) atoms. The van der Waals surface area contributed by atoms with E-state index in [-0.39, 0.29) is 16.2 Å². The van der Waals surface area contributed by atoms with Gasteiger partial charge in [-0.15, -0.1) is 0 Å². The van der Waals surface area contributed by atoms with Crippen molar-refractivity contribution in [1.82, 2.24) is 0 Å². The minimum atomic E-state index is -0.345. The highest BCUT2D eigenvalue weighted by molar-refractivity contribution is 5.97.